The Bertz CT molecular complexity index is 46.9. The van der Waals surface area contributed by atoms with E-state index in [4.69, 9.17) is 11.5 Å². The zero-order valence-corrected chi connectivity index (χ0v) is 5.35. The van der Waals surface area contributed by atoms with Crippen LogP contribution < -0.4 is 16.8 Å². The molecule has 0 bridgehead atoms. The van der Waals surface area contributed by atoms with Crippen molar-refractivity contribution in [3.05, 3.63) is 0 Å². The summed E-state index contributed by atoms with van der Waals surface area (Å²) in [6, 6.07) is 0.169. The maximum absolute atomic E-state index is 5.49. The molecule has 1 atom stereocenters. The molecule has 0 aromatic rings. The van der Waals surface area contributed by atoms with Crippen molar-refractivity contribution in [2.75, 3.05) is 20.1 Å². The van der Waals surface area contributed by atoms with E-state index in [9.17, 15) is 0 Å². The Morgan fingerprint density at radius 2 is 2.25 bits per heavy atom. The topological polar surface area (TPSA) is 64.1 Å². The highest BCUT2D eigenvalue weighted by Crippen LogP contribution is 1.79. The van der Waals surface area contributed by atoms with Crippen LogP contribution in [0.25, 0.3) is 0 Å². The highest BCUT2D eigenvalue weighted by Gasteiger charge is 1.94. The fraction of sp³-hybridized carbons (Fsp3) is 1.00. The van der Waals surface area contributed by atoms with E-state index in [-0.39, 0.29) is 6.04 Å². The highest BCUT2D eigenvalue weighted by molar-refractivity contribution is 4.61. The molecule has 1 unspecified atom stereocenters. The van der Waals surface area contributed by atoms with E-state index < -0.39 is 0 Å². The average molecular weight is 117 g/mol. The standard InChI is InChI=1S/C5H15N3/c1-8-3-2-5(7)4-6/h5,8H,2-4,6-7H2,1H3. The first kappa shape index (κ1) is 7.88. The third-order valence-corrected chi connectivity index (χ3v) is 1.07. The number of hydrogen-bond acceptors (Lipinski definition) is 3. The molecule has 3 nitrogen and oxygen atoms in total. The monoisotopic (exact) mass is 117 g/mol. The lowest BCUT2D eigenvalue weighted by Gasteiger charge is -2.05. The van der Waals surface area contributed by atoms with E-state index in [1.165, 1.54) is 0 Å². The fourth-order valence-electron chi connectivity index (χ4n) is 0.448. The SMILES string of the molecule is CNCCC(N)CN. The quantitative estimate of drug-likeness (QED) is 0.437. The summed E-state index contributed by atoms with van der Waals surface area (Å²) in [4.78, 5) is 0. The molecule has 0 aliphatic heterocycles. The van der Waals surface area contributed by atoms with Gasteiger partial charge in [0.25, 0.3) is 0 Å². The number of nitrogens with two attached hydrogens (primary N) is 2. The van der Waals surface area contributed by atoms with Crippen molar-refractivity contribution in [2.24, 2.45) is 11.5 Å². The van der Waals surface area contributed by atoms with Gasteiger partial charge in [-0.2, -0.15) is 0 Å². The van der Waals surface area contributed by atoms with Crippen molar-refractivity contribution < 1.29 is 0 Å². The predicted molar refractivity (Wildman–Crippen MR) is 35.6 cm³/mol. The van der Waals surface area contributed by atoms with E-state index in [0.717, 1.165) is 13.0 Å². The lowest BCUT2D eigenvalue weighted by molar-refractivity contribution is 0.595. The van der Waals surface area contributed by atoms with Gasteiger partial charge in [-0.3, -0.25) is 0 Å². The van der Waals surface area contributed by atoms with Crippen LogP contribution in [0.1, 0.15) is 6.42 Å². The van der Waals surface area contributed by atoms with Gasteiger partial charge in [0.15, 0.2) is 0 Å². The first-order valence-corrected chi connectivity index (χ1v) is 2.91. The van der Waals surface area contributed by atoms with Crippen LogP contribution >= 0.6 is 0 Å². The van der Waals surface area contributed by atoms with Gasteiger partial charge in [0.05, 0.1) is 0 Å². The van der Waals surface area contributed by atoms with Gasteiger partial charge < -0.3 is 16.8 Å². The molecule has 3 heteroatoms. The lowest BCUT2D eigenvalue weighted by atomic mass is 10.2. The summed E-state index contributed by atoms with van der Waals surface area (Å²) in [7, 11) is 1.91. The minimum absolute atomic E-state index is 0.169. The Morgan fingerprint density at radius 1 is 1.62 bits per heavy atom. The van der Waals surface area contributed by atoms with Crippen LogP contribution in [0.4, 0.5) is 0 Å². The number of rotatable bonds is 4. The minimum Gasteiger partial charge on any atom is -0.329 e. The van der Waals surface area contributed by atoms with Crippen molar-refractivity contribution in [3.63, 3.8) is 0 Å². The van der Waals surface area contributed by atoms with Crippen LogP contribution in [-0.4, -0.2) is 26.2 Å². The Labute approximate surface area is 50.4 Å². The predicted octanol–water partition coefficient (Wildman–Crippen LogP) is -1.12. The molecule has 0 aliphatic carbocycles. The van der Waals surface area contributed by atoms with Crippen LogP contribution in [0.3, 0.4) is 0 Å². The maximum atomic E-state index is 5.49. The molecule has 8 heavy (non-hydrogen) atoms. The number of nitrogens with one attached hydrogen (secondary N) is 1. The summed E-state index contributed by atoms with van der Waals surface area (Å²) in [5, 5.41) is 3.00. The molecule has 0 aromatic carbocycles. The highest BCUT2D eigenvalue weighted by atomic mass is 14.8. The van der Waals surface area contributed by atoms with Crippen molar-refractivity contribution in [1.29, 1.82) is 0 Å². The third kappa shape index (κ3) is 4.05. The Balaban J connectivity index is 2.86. The second-order valence-electron chi connectivity index (χ2n) is 1.89. The Morgan fingerprint density at radius 3 is 2.62 bits per heavy atom. The van der Waals surface area contributed by atoms with Crippen LogP contribution in [0.2, 0.25) is 0 Å². The zero-order valence-electron chi connectivity index (χ0n) is 5.35. The second-order valence-corrected chi connectivity index (χ2v) is 1.89. The molecule has 0 spiro atoms. The molecule has 0 heterocycles. The molecule has 5 N–H and O–H groups in total. The van der Waals surface area contributed by atoms with Gasteiger partial charge in [-0.1, -0.05) is 0 Å². The summed E-state index contributed by atoms with van der Waals surface area (Å²) < 4.78 is 0. The summed E-state index contributed by atoms with van der Waals surface area (Å²) in [5.41, 5.74) is 10.8. The van der Waals surface area contributed by atoms with Gasteiger partial charge in [-0.25, -0.2) is 0 Å². The Kier molecular flexibility index (Phi) is 4.95. The minimum atomic E-state index is 0.169. The first-order chi connectivity index (χ1) is 3.81. The lowest BCUT2D eigenvalue weighted by Crippen LogP contribution is -2.32. The largest absolute Gasteiger partial charge is 0.329 e. The molecule has 0 aromatic heterocycles. The molecule has 0 fully saturated rings. The van der Waals surface area contributed by atoms with Gasteiger partial charge in [0, 0.05) is 12.6 Å². The molecular formula is C5H15N3. The van der Waals surface area contributed by atoms with Gasteiger partial charge in [0.2, 0.25) is 0 Å². The van der Waals surface area contributed by atoms with Crippen molar-refractivity contribution >= 4 is 0 Å². The van der Waals surface area contributed by atoms with E-state index >= 15 is 0 Å². The molecule has 0 saturated heterocycles. The molecule has 0 rings (SSSR count). The third-order valence-electron chi connectivity index (χ3n) is 1.07. The van der Waals surface area contributed by atoms with Crippen LogP contribution in [-0.2, 0) is 0 Å². The summed E-state index contributed by atoms with van der Waals surface area (Å²) >= 11 is 0. The van der Waals surface area contributed by atoms with Gasteiger partial charge in [-0.15, -0.1) is 0 Å². The summed E-state index contributed by atoms with van der Waals surface area (Å²) in [6.45, 7) is 1.54. The smallest absolute Gasteiger partial charge is 0.0175 e. The first-order valence-electron chi connectivity index (χ1n) is 2.91. The van der Waals surface area contributed by atoms with Crippen molar-refractivity contribution in [3.8, 4) is 0 Å². The number of hydrogen-bond donors (Lipinski definition) is 3. The molecule has 0 saturated carbocycles. The van der Waals surface area contributed by atoms with Gasteiger partial charge in [-0.05, 0) is 20.0 Å². The van der Waals surface area contributed by atoms with Crippen LogP contribution in [0.15, 0.2) is 0 Å². The molecule has 0 radical (unpaired) electrons. The van der Waals surface area contributed by atoms with Gasteiger partial charge in [0.1, 0.15) is 0 Å². The Hall–Kier alpha value is -0.120. The molecule has 50 valence electrons. The molecule has 0 aliphatic rings. The van der Waals surface area contributed by atoms with E-state index in [1.54, 1.807) is 0 Å². The average Bonchev–Trinajstić information content (AvgIpc) is 1.83. The zero-order chi connectivity index (χ0) is 6.41. The van der Waals surface area contributed by atoms with Gasteiger partial charge >= 0.3 is 0 Å². The summed E-state index contributed by atoms with van der Waals surface area (Å²) in [5.74, 6) is 0. The van der Waals surface area contributed by atoms with E-state index in [2.05, 4.69) is 5.32 Å². The normalized spacial score (nSPS) is 13.9. The molecule has 0 amide bonds. The second kappa shape index (κ2) is 5.03. The summed E-state index contributed by atoms with van der Waals surface area (Å²) in [6.07, 6.45) is 0.965. The van der Waals surface area contributed by atoms with E-state index in [1.807, 2.05) is 7.05 Å². The van der Waals surface area contributed by atoms with E-state index in [0.29, 0.717) is 6.54 Å². The molecular weight excluding hydrogens is 102 g/mol. The van der Waals surface area contributed by atoms with Crippen LogP contribution in [0, 0.1) is 0 Å². The van der Waals surface area contributed by atoms with Crippen molar-refractivity contribution in [1.82, 2.24) is 5.32 Å². The van der Waals surface area contributed by atoms with Crippen LogP contribution in [0.5, 0.6) is 0 Å². The fourth-order valence-corrected chi connectivity index (χ4v) is 0.448. The maximum Gasteiger partial charge on any atom is 0.0175 e. The van der Waals surface area contributed by atoms with Crippen molar-refractivity contribution in [2.45, 2.75) is 12.5 Å².